The van der Waals surface area contributed by atoms with E-state index < -0.39 is 28.9 Å². The molecule has 0 saturated heterocycles. The summed E-state index contributed by atoms with van der Waals surface area (Å²) in [5.41, 5.74) is 1.95. The lowest BCUT2D eigenvalue weighted by Gasteiger charge is -2.41. The molecule has 3 aliphatic rings. The number of benzene rings is 1. The predicted octanol–water partition coefficient (Wildman–Crippen LogP) is 3.57. The number of hydrogen-bond acceptors (Lipinski definition) is 4. The van der Waals surface area contributed by atoms with E-state index in [1.165, 1.54) is 6.26 Å². The van der Waals surface area contributed by atoms with Crippen LogP contribution in [0.25, 0.3) is 11.0 Å². The Hall–Kier alpha value is -2.60. The largest absolute Gasteiger partial charge is 0.481 e. The molecule has 2 aromatic rings. The van der Waals surface area contributed by atoms with Crippen LogP contribution in [0.4, 0.5) is 0 Å². The van der Waals surface area contributed by atoms with Crippen LogP contribution in [0, 0.1) is 12.3 Å². The van der Waals surface area contributed by atoms with Gasteiger partial charge in [0.25, 0.3) is 0 Å². The summed E-state index contributed by atoms with van der Waals surface area (Å²) in [5.74, 6) is -2.77. The molecule has 3 aliphatic carbocycles. The zero-order valence-corrected chi connectivity index (χ0v) is 14.9. The molecule has 0 amide bonds. The summed E-state index contributed by atoms with van der Waals surface area (Å²) in [5, 5.41) is 31.1. The first-order chi connectivity index (χ1) is 12.7. The lowest BCUT2D eigenvalue weighted by Crippen LogP contribution is -2.39. The van der Waals surface area contributed by atoms with Crippen molar-refractivity contribution in [2.24, 2.45) is 5.41 Å². The van der Waals surface area contributed by atoms with E-state index in [9.17, 15) is 24.9 Å². The van der Waals surface area contributed by atoms with Gasteiger partial charge in [0.05, 0.1) is 11.5 Å². The Morgan fingerprint density at radius 3 is 2.74 bits per heavy atom. The molecule has 1 heterocycles. The fourth-order valence-electron chi connectivity index (χ4n) is 6.21. The average Bonchev–Trinajstić information content (AvgIpc) is 3.17. The second kappa shape index (κ2) is 4.81. The zero-order valence-electron chi connectivity index (χ0n) is 14.9. The highest BCUT2D eigenvalue weighted by Crippen LogP contribution is 2.71. The molecular formula is C21H20O6. The van der Waals surface area contributed by atoms with Gasteiger partial charge in [0, 0.05) is 10.8 Å². The van der Waals surface area contributed by atoms with Crippen molar-refractivity contribution in [1.29, 1.82) is 0 Å². The number of aliphatic carboxylic acids is 1. The number of aliphatic hydroxyl groups is 1. The third-order valence-electron chi connectivity index (χ3n) is 7.26. The van der Waals surface area contributed by atoms with Crippen LogP contribution in [0.15, 0.2) is 28.9 Å². The zero-order chi connectivity index (χ0) is 19.3. The fourth-order valence-corrected chi connectivity index (χ4v) is 6.21. The number of carboxylic acids is 2. The lowest BCUT2D eigenvalue weighted by molar-refractivity contribution is -0.143. The van der Waals surface area contributed by atoms with Gasteiger partial charge in [0.1, 0.15) is 17.4 Å². The minimum Gasteiger partial charge on any atom is -0.481 e. The van der Waals surface area contributed by atoms with Gasteiger partial charge in [-0.05, 0) is 66.9 Å². The highest BCUT2D eigenvalue weighted by atomic mass is 16.4. The Kier molecular flexibility index (Phi) is 2.95. The number of fused-ring (bicyclic) bond motifs is 4. The maximum absolute atomic E-state index is 12.4. The van der Waals surface area contributed by atoms with Crippen molar-refractivity contribution in [3.63, 3.8) is 0 Å². The van der Waals surface area contributed by atoms with E-state index in [1.54, 1.807) is 6.92 Å². The van der Waals surface area contributed by atoms with Gasteiger partial charge in [-0.3, -0.25) is 4.79 Å². The summed E-state index contributed by atoms with van der Waals surface area (Å²) >= 11 is 0. The quantitative estimate of drug-likeness (QED) is 0.700. The fraction of sp³-hybridized carbons (Fsp3) is 0.429. The van der Waals surface area contributed by atoms with Crippen LogP contribution in [-0.4, -0.2) is 32.9 Å². The molecule has 2 bridgehead atoms. The van der Waals surface area contributed by atoms with Crippen molar-refractivity contribution in [3.8, 4) is 0 Å². The SMILES string of the molecule is C=C1CC23CC1(O)CCC2c1cc2c(C(=O)O)coc2c(C)c1C3C(=O)O. The number of carbonyl (C=O) groups is 2. The Morgan fingerprint density at radius 1 is 1.33 bits per heavy atom. The van der Waals surface area contributed by atoms with E-state index in [0.29, 0.717) is 42.2 Å². The molecule has 1 aromatic carbocycles. The number of furan rings is 1. The number of hydrogen-bond donors (Lipinski definition) is 3. The predicted molar refractivity (Wildman–Crippen MR) is 96.0 cm³/mol. The molecule has 2 fully saturated rings. The summed E-state index contributed by atoms with van der Waals surface area (Å²) < 4.78 is 5.53. The number of aromatic carboxylic acids is 1. The van der Waals surface area contributed by atoms with E-state index in [2.05, 4.69) is 6.58 Å². The standard InChI is InChI=1S/C21H20O6/c1-9-6-20-8-21(9,26)4-3-14(20)12-5-11-13(18(22)23)7-27-17(11)10(2)15(12)16(20)19(24)25/h5,7,14,16,26H,1,3-4,6,8H2,2H3,(H,22,23)(H,24,25). The molecule has 6 heteroatoms. The molecule has 27 heavy (non-hydrogen) atoms. The molecule has 6 nitrogen and oxygen atoms in total. The maximum Gasteiger partial charge on any atom is 0.339 e. The molecular weight excluding hydrogens is 348 g/mol. The molecule has 1 spiro atoms. The Balaban J connectivity index is 1.83. The van der Waals surface area contributed by atoms with Crippen LogP contribution in [-0.2, 0) is 4.79 Å². The van der Waals surface area contributed by atoms with Gasteiger partial charge in [-0.1, -0.05) is 6.58 Å². The van der Waals surface area contributed by atoms with Gasteiger partial charge >= 0.3 is 11.9 Å². The van der Waals surface area contributed by atoms with Crippen molar-refractivity contribution in [2.45, 2.75) is 50.0 Å². The summed E-state index contributed by atoms with van der Waals surface area (Å²) in [6.07, 6.45) is 3.31. The second-order valence-electron chi connectivity index (χ2n) is 8.42. The molecule has 0 radical (unpaired) electrons. The first-order valence-corrected chi connectivity index (χ1v) is 9.11. The molecule has 0 aliphatic heterocycles. The smallest absolute Gasteiger partial charge is 0.339 e. The summed E-state index contributed by atoms with van der Waals surface area (Å²) in [7, 11) is 0. The highest BCUT2D eigenvalue weighted by molar-refractivity contribution is 6.04. The molecule has 3 N–H and O–H groups in total. The van der Waals surface area contributed by atoms with E-state index in [1.807, 2.05) is 6.07 Å². The van der Waals surface area contributed by atoms with Gasteiger partial charge in [-0.15, -0.1) is 0 Å². The number of rotatable bonds is 2. The van der Waals surface area contributed by atoms with Crippen molar-refractivity contribution in [3.05, 3.63) is 46.7 Å². The molecule has 140 valence electrons. The van der Waals surface area contributed by atoms with Gasteiger partial charge in [0.15, 0.2) is 0 Å². The Morgan fingerprint density at radius 2 is 2.07 bits per heavy atom. The lowest BCUT2D eigenvalue weighted by atomic mass is 9.63. The summed E-state index contributed by atoms with van der Waals surface area (Å²) in [6.45, 7) is 5.85. The minimum atomic E-state index is -1.07. The molecule has 1 aromatic heterocycles. The highest BCUT2D eigenvalue weighted by Gasteiger charge is 2.66. The van der Waals surface area contributed by atoms with Crippen molar-refractivity contribution >= 4 is 22.9 Å². The topological polar surface area (TPSA) is 108 Å². The Bertz CT molecular complexity index is 1060. The third kappa shape index (κ3) is 1.79. The van der Waals surface area contributed by atoms with E-state index in [-0.39, 0.29) is 11.5 Å². The van der Waals surface area contributed by atoms with Crippen molar-refractivity contribution < 1.29 is 29.3 Å². The van der Waals surface area contributed by atoms with E-state index in [0.717, 1.165) is 16.7 Å². The molecule has 4 atom stereocenters. The van der Waals surface area contributed by atoms with Crippen LogP contribution >= 0.6 is 0 Å². The van der Waals surface area contributed by atoms with Crippen LogP contribution < -0.4 is 0 Å². The molecule has 5 rings (SSSR count). The normalized spacial score (nSPS) is 33.9. The van der Waals surface area contributed by atoms with Crippen molar-refractivity contribution in [2.75, 3.05) is 0 Å². The second-order valence-corrected chi connectivity index (χ2v) is 8.42. The van der Waals surface area contributed by atoms with E-state index >= 15 is 0 Å². The van der Waals surface area contributed by atoms with Crippen molar-refractivity contribution in [1.82, 2.24) is 0 Å². The summed E-state index contributed by atoms with van der Waals surface area (Å²) in [6, 6.07) is 1.81. The first-order valence-electron chi connectivity index (χ1n) is 9.11. The summed E-state index contributed by atoms with van der Waals surface area (Å²) in [4.78, 5) is 23.9. The van der Waals surface area contributed by atoms with Gasteiger partial charge in [-0.2, -0.15) is 0 Å². The monoisotopic (exact) mass is 368 g/mol. The van der Waals surface area contributed by atoms with Crippen LogP contribution in [0.1, 0.15) is 64.6 Å². The van der Waals surface area contributed by atoms with Crippen LogP contribution in [0.5, 0.6) is 0 Å². The third-order valence-corrected chi connectivity index (χ3v) is 7.26. The molecule has 2 saturated carbocycles. The number of aryl methyl sites for hydroxylation is 1. The van der Waals surface area contributed by atoms with Crippen LogP contribution in [0.3, 0.4) is 0 Å². The van der Waals surface area contributed by atoms with Gasteiger partial charge < -0.3 is 19.7 Å². The first kappa shape index (κ1) is 16.6. The maximum atomic E-state index is 12.4. The van der Waals surface area contributed by atoms with Crippen LogP contribution in [0.2, 0.25) is 0 Å². The minimum absolute atomic E-state index is 0.0345. The average molecular weight is 368 g/mol. The van der Waals surface area contributed by atoms with Gasteiger partial charge in [-0.25, -0.2) is 4.79 Å². The number of carboxylic acid groups (broad SMARTS) is 2. The van der Waals surface area contributed by atoms with E-state index in [4.69, 9.17) is 4.42 Å². The molecule has 4 unspecified atom stereocenters. The van der Waals surface area contributed by atoms with Gasteiger partial charge in [0.2, 0.25) is 0 Å². The Labute approximate surface area is 155 Å².